The number of carbonyl (C=O) groups is 1. The molecule has 1 aliphatic rings. The zero-order valence-corrected chi connectivity index (χ0v) is 12.4. The van der Waals surface area contributed by atoms with E-state index in [1.165, 1.54) is 43.1 Å². The third-order valence-electron chi connectivity index (χ3n) is 3.68. The Hall–Kier alpha value is -0.970. The van der Waals surface area contributed by atoms with Gasteiger partial charge in [-0.05, 0) is 24.7 Å². The Balaban J connectivity index is 2.14. The molecule has 0 aliphatic heterocycles. The van der Waals surface area contributed by atoms with Gasteiger partial charge in [-0.15, -0.1) is 0 Å². The zero-order chi connectivity index (χ0) is 13.8. The first kappa shape index (κ1) is 14.4. The van der Waals surface area contributed by atoms with Crippen molar-refractivity contribution in [3.63, 3.8) is 0 Å². The Bertz CT molecular complexity index is 437. The van der Waals surface area contributed by atoms with Crippen molar-refractivity contribution in [1.82, 2.24) is 9.55 Å². The second-order valence-corrected chi connectivity index (χ2v) is 6.51. The second-order valence-electron chi connectivity index (χ2n) is 5.56. The van der Waals surface area contributed by atoms with E-state index in [4.69, 9.17) is 5.11 Å². The first-order chi connectivity index (χ1) is 9.08. The van der Waals surface area contributed by atoms with Gasteiger partial charge in [-0.25, -0.2) is 4.98 Å². The van der Waals surface area contributed by atoms with Gasteiger partial charge in [0.05, 0.1) is 5.75 Å². The highest BCUT2D eigenvalue weighted by molar-refractivity contribution is 7.99. The van der Waals surface area contributed by atoms with Gasteiger partial charge >= 0.3 is 5.97 Å². The van der Waals surface area contributed by atoms with Gasteiger partial charge in [0.2, 0.25) is 0 Å². The summed E-state index contributed by atoms with van der Waals surface area (Å²) in [7, 11) is 0. The Kier molecular flexibility index (Phi) is 4.91. The fraction of sp³-hybridized carbons (Fsp3) is 0.714. The first-order valence-electron chi connectivity index (χ1n) is 6.98. The van der Waals surface area contributed by atoms with Crippen LogP contribution in [0.2, 0.25) is 0 Å². The van der Waals surface area contributed by atoms with Gasteiger partial charge in [0.15, 0.2) is 5.16 Å². The highest BCUT2D eigenvalue weighted by Crippen LogP contribution is 2.30. The number of aliphatic carboxylic acids is 1. The lowest BCUT2D eigenvalue weighted by Crippen LogP contribution is -2.13. The molecule has 4 nitrogen and oxygen atoms in total. The van der Waals surface area contributed by atoms with E-state index in [1.807, 2.05) is 6.20 Å². The summed E-state index contributed by atoms with van der Waals surface area (Å²) < 4.78 is 2.24. The highest BCUT2D eigenvalue weighted by atomic mass is 32.2. The van der Waals surface area contributed by atoms with Gasteiger partial charge in [-0.3, -0.25) is 4.79 Å². The molecular formula is C14H22N2O2S. The summed E-state index contributed by atoms with van der Waals surface area (Å²) in [5.74, 6) is 0.453. The predicted octanol–water partition coefficient (Wildman–Crippen LogP) is 3.37. The molecule has 106 valence electrons. The average Bonchev–Trinajstić information content (AvgIpc) is 2.96. The monoisotopic (exact) mass is 282 g/mol. The molecule has 0 unspecified atom stereocenters. The van der Waals surface area contributed by atoms with Gasteiger partial charge in [0, 0.05) is 18.4 Å². The summed E-state index contributed by atoms with van der Waals surface area (Å²) in [6.45, 7) is 5.32. The van der Waals surface area contributed by atoms with Crippen LogP contribution in [0.3, 0.4) is 0 Å². The van der Waals surface area contributed by atoms with Crippen LogP contribution < -0.4 is 0 Å². The van der Waals surface area contributed by atoms with Crippen molar-refractivity contribution in [3.05, 3.63) is 11.9 Å². The number of hydrogen-bond donors (Lipinski definition) is 1. The molecule has 5 heteroatoms. The lowest BCUT2D eigenvalue weighted by Gasteiger charge is -2.17. The van der Waals surface area contributed by atoms with Crippen LogP contribution in [-0.4, -0.2) is 26.4 Å². The van der Waals surface area contributed by atoms with E-state index in [-0.39, 0.29) is 5.75 Å². The number of carboxylic acids is 1. The summed E-state index contributed by atoms with van der Waals surface area (Å²) in [6, 6.07) is 0. The standard InChI is InChI=1S/C14H22N2O2S/c1-10(2)12-7-15-14(19-9-13(17)18)16(12)8-11-5-3-4-6-11/h7,10-11H,3-6,8-9H2,1-2H3,(H,17,18). The molecule has 1 aromatic heterocycles. The number of nitrogens with zero attached hydrogens (tertiary/aromatic N) is 2. The van der Waals surface area contributed by atoms with Crippen LogP contribution in [0.1, 0.15) is 51.1 Å². The molecular weight excluding hydrogens is 260 g/mol. The van der Waals surface area contributed by atoms with Crippen LogP contribution in [0.5, 0.6) is 0 Å². The number of hydrogen-bond acceptors (Lipinski definition) is 3. The van der Waals surface area contributed by atoms with Gasteiger partial charge in [0.25, 0.3) is 0 Å². The fourth-order valence-corrected chi connectivity index (χ4v) is 3.42. The summed E-state index contributed by atoms with van der Waals surface area (Å²) >= 11 is 1.33. The first-order valence-corrected chi connectivity index (χ1v) is 7.96. The molecule has 0 spiro atoms. The van der Waals surface area contributed by atoms with Crippen molar-refractivity contribution in [2.24, 2.45) is 5.92 Å². The predicted molar refractivity (Wildman–Crippen MR) is 76.6 cm³/mol. The minimum atomic E-state index is -0.786. The molecule has 2 rings (SSSR count). The molecule has 0 radical (unpaired) electrons. The van der Waals surface area contributed by atoms with Crippen LogP contribution in [0, 0.1) is 5.92 Å². The number of thioether (sulfide) groups is 1. The van der Waals surface area contributed by atoms with E-state index in [0.29, 0.717) is 5.92 Å². The largest absolute Gasteiger partial charge is 0.481 e. The van der Waals surface area contributed by atoms with Crippen molar-refractivity contribution < 1.29 is 9.90 Å². The smallest absolute Gasteiger partial charge is 0.313 e. The van der Waals surface area contributed by atoms with Crippen molar-refractivity contribution in [2.45, 2.75) is 57.1 Å². The molecule has 1 heterocycles. The van der Waals surface area contributed by atoms with Gasteiger partial charge in [-0.2, -0.15) is 0 Å². The number of carboxylic acid groups (broad SMARTS) is 1. The number of aromatic nitrogens is 2. The summed E-state index contributed by atoms with van der Waals surface area (Å²) in [5, 5.41) is 9.67. The molecule has 0 atom stereocenters. The average molecular weight is 282 g/mol. The fourth-order valence-electron chi connectivity index (χ4n) is 2.71. The van der Waals surface area contributed by atoms with Gasteiger partial charge in [-0.1, -0.05) is 38.5 Å². The molecule has 0 aromatic carbocycles. The molecule has 19 heavy (non-hydrogen) atoms. The number of imidazole rings is 1. The highest BCUT2D eigenvalue weighted by Gasteiger charge is 2.20. The molecule has 0 saturated heterocycles. The van der Waals surface area contributed by atoms with E-state index >= 15 is 0 Å². The maximum Gasteiger partial charge on any atom is 0.313 e. The van der Waals surface area contributed by atoms with Crippen molar-refractivity contribution in [1.29, 1.82) is 0 Å². The minimum absolute atomic E-state index is 0.0826. The number of rotatable bonds is 6. The third-order valence-corrected chi connectivity index (χ3v) is 4.66. The third kappa shape index (κ3) is 3.75. The van der Waals surface area contributed by atoms with E-state index in [9.17, 15) is 4.79 Å². The van der Waals surface area contributed by atoms with Gasteiger partial charge < -0.3 is 9.67 Å². The topological polar surface area (TPSA) is 55.1 Å². The van der Waals surface area contributed by atoms with Crippen molar-refractivity contribution in [2.75, 3.05) is 5.75 Å². The normalized spacial score (nSPS) is 16.4. The van der Waals surface area contributed by atoms with Crippen molar-refractivity contribution >= 4 is 17.7 Å². The van der Waals surface area contributed by atoms with E-state index in [0.717, 1.165) is 17.6 Å². The molecule has 1 N–H and O–H groups in total. The maximum absolute atomic E-state index is 10.7. The van der Waals surface area contributed by atoms with Crippen LogP contribution in [0.25, 0.3) is 0 Å². The van der Waals surface area contributed by atoms with Crippen LogP contribution >= 0.6 is 11.8 Å². The van der Waals surface area contributed by atoms with E-state index < -0.39 is 5.97 Å². The second kappa shape index (κ2) is 6.46. The van der Waals surface area contributed by atoms with Crippen LogP contribution in [0.4, 0.5) is 0 Å². The van der Waals surface area contributed by atoms with Crippen LogP contribution in [0.15, 0.2) is 11.4 Å². The van der Waals surface area contributed by atoms with Crippen molar-refractivity contribution in [3.8, 4) is 0 Å². The molecule has 1 aliphatic carbocycles. The van der Waals surface area contributed by atoms with Crippen LogP contribution in [-0.2, 0) is 11.3 Å². The molecule has 1 saturated carbocycles. The van der Waals surface area contributed by atoms with E-state index in [2.05, 4.69) is 23.4 Å². The Morgan fingerprint density at radius 1 is 1.53 bits per heavy atom. The Labute approximate surface area is 118 Å². The lowest BCUT2D eigenvalue weighted by atomic mass is 10.1. The summed E-state index contributed by atoms with van der Waals surface area (Å²) in [4.78, 5) is 15.1. The molecule has 1 fully saturated rings. The zero-order valence-electron chi connectivity index (χ0n) is 11.6. The SMILES string of the molecule is CC(C)c1cnc(SCC(=O)O)n1CC1CCCC1. The minimum Gasteiger partial charge on any atom is -0.481 e. The lowest BCUT2D eigenvalue weighted by molar-refractivity contribution is -0.133. The summed E-state index contributed by atoms with van der Waals surface area (Å²) in [5.41, 5.74) is 1.22. The molecule has 0 bridgehead atoms. The molecule has 1 aromatic rings. The molecule has 0 amide bonds. The Morgan fingerprint density at radius 2 is 2.21 bits per heavy atom. The summed E-state index contributed by atoms with van der Waals surface area (Å²) in [6.07, 6.45) is 7.14. The maximum atomic E-state index is 10.7. The Morgan fingerprint density at radius 3 is 2.79 bits per heavy atom. The van der Waals surface area contributed by atoms with E-state index in [1.54, 1.807) is 0 Å². The van der Waals surface area contributed by atoms with Gasteiger partial charge in [0.1, 0.15) is 0 Å². The quantitative estimate of drug-likeness (QED) is 0.813.